The highest BCUT2D eigenvalue weighted by molar-refractivity contribution is 7.08. The maximum Gasteiger partial charge on any atom is 0.322 e. The van der Waals surface area contributed by atoms with Crippen molar-refractivity contribution in [3.8, 4) is 22.8 Å². The summed E-state index contributed by atoms with van der Waals surface area (Å²) in [6.07, 6.45) is 0. The van der Waals surface area contributed by atoms with Gasteiger partial charge in [0.2, 0.25) is 0 Å². The van der Waals surface area contributed by atoms with Crippen molar-refractivity contribution in [2.45, 2.75) is 0 Å². The largest absolute Gasteiger partial charge is 0.403 e. The zero-order chi connectivity index (χ0) is 16.4. The van der Waals surface area contributed by atoms with E-state index in [2.05, 4.69) is 20.7 Å². The molecule has 1 amide bonds. The summed E-state index contributed by atoms with van der Waals surface area (Å²) in [7, 11) is 0. The molecular weight excluding hydrogens is 328 g/mol. The highest BCUT2D eigenvalue weighted by Crippen LogP contribution is 2.23. The predicted molar refractivity (Wildman–Crippen MR) is 87.5 cm³/mol. The Labute approximate surface area is 139 Å². The Morgan fingerprint density at radius 1 is 1.08 bits per heavy atom. The van der Waals surface area contributed by atoms with Gasteiger partial charge < -0.3 is 8.94 Å². The van der Waals surface area contributed by atoms with Crippen LogP contribution in [-0.4, -0.2) is 21.3 Å². The Balaban J connectivity index is 1.50. The molecule has 8 heteroatoms. The number of benzene rings is 1. The summed E-state index contributed by atoms with van der Waals surface area (Å²) in [6.45, 7) is 0. The average Bonchev–Trinajstić information content (AvgIpc) is 3.36. The molecule has 4 aromatic rings. The molecule has 7 nitrogen and oxygen atoms in total. The molecule has 3 heterocycles. The summed E-state index contributed by atoms with van der Waals surface area (Å²) in [6, 6.07) is 12.8. The van der Waals surface area contributed by atoms with Gasteiger partial charge >= 0.3 is 6.01 Å². The molecule has 3 aromatic heterocycles. The van der Waals surface area contributed by atoms with E-state index in [1.807, 2.05) is 47.2 Å². The van der Waals surface area contributed by atoms with Gasteiger partial charge in [0, 0.05) is 22.6 Å². The number of amides is 1. The van der Waals surface area contributed by atoms with Crippen molar-refractivity contribution in [2.24, 2.45) is 0 Å². The SMILES string of the molecule is O=C(Nc1nnc(-c2ccsc2)o1)c1cc(-c2ccccc2)on1. The van der Waals surface area contributed by atoms with E-state index in [1.165, 1.54) is 11.3 Å². The third kappa shape index (κ3) is 2.82. The maximum absolute atomic E-state index is 12.2. The van der Waals surface area contributed by atoms with Gasteiger partial charge in [-0.3, -0.25) is 10.1 Å². The Kier molecular flexibility index (Phi) is 3.64. The van der Waals surface area contributed by atoms with E-state index in [4.69, 9.17) is 8.94 Å². The Morgan fingerprint density at radius 3 is 2.75 bits per heavy atom. The van der Waals surface area contributed by atoms with Gasteiger partial charge in [-0.25, -0.2) is 0 Å². The first-order chi connectivity index (χ1) is 11.8. The lowest BCUT2D eigenvalue weighted by atomic mass is 10.1. The minimum atomic E-state index is -0.485. The van der Waals surface area contributed by atoms with E-state index in [9.17, 15) is 4.79 Å². The van der Waals surface area contributed by atoms with Crippen molar-refractivity contribution >= 4 is 23.3 Å². The summed E-state index contributed by atoms with van der Waals surface area (Å²) >= 11 is 1.52. The maximum atomic E-state index is 12.2. The predicted octanol–water partition coefficient (Wildman–Crippen LogP) is 3.71. The third-order valence-corrected chi connectivity index (χ3v) is 3.90. The fraction of sp³-hybridized carbons (Fsp3) is 0. The lowest BCUT2D eigenvalue weighted by Crippen LogP contribution is -2.12. The zero-order valence-electron chi connectivity index (χ0n) is 12.2. The number of hydrogen-bond donors (Lipinski definition) is 1. The number of rotatable bonds is 4. The van der Waals surface area contributed by atoms with E-state index in [1.54, 1.807) is 6.07 Å². The second-order valence-electron chi connectivity index (χ2n) is 4.82. The number of nitrogens with one attached hydrogen (secondary N) is 1. The van der Waals surface area contributed by atoms with Crippen LogP contribution in [0, 0.1) is 0 Å². The molecule has 0 fully saturated rings. The molecule has 0 aliphatic rings. The second-order valence-corrected chi connectivity index (χ2v) is 5.60. The summed E-state index contributed by atoms with van der Waals surface area (Å²) in [5.74, 6) is 0.364. The summed E-state index contributed by atoms with van der Waals surface area (Å²) in [5, 5.41) is 17.7. The van der Waals surface area contributed by atoms with Crippen LogP contribution in [0.15, 0.2) is 62.2 Å². The van der Waals surface area contributed by atoms with Crippen LogP contribution in [0.5, 0.6) is 0 Å². The first kappa shape index (κ1) is 14.3. The van der Waals surface area contributed by atoms with Gasteiger partial charge in [0.05, 0.1) is 0 Å². The second kappa shape index (κ2) is 6.09. The van der Waals surface area contributed by atoms with Crippen LogP contribution in [0.3, 0.4) is 0 Å². The molecule has 24 heavy (non-hydrogen) atoms. The molecule has 0 unspecified atom stereocenters. The average molecular weight is 338 g/mol. The molecule has 0 aliphatic carbocycles. The summed E-state index contributed by atoms with van der Waals surface area (Å²) < 4.78 is 10.6. The smallest absolute Gasteiger partial charge is 0.322 e. The topological polar surface area (TPSA) is 94.1 Å². The molecule has 0 bridgehead atoms. The lowest BCUT2D eigenvalue weighted by Gasteiger charge is -1.94. The normalized spacial score (nSPS) is 10.7. The Hall–Kier alpha value is -3.26. The van der Waals surface area contributed by atoms with Gasteiger partial charge in [-0.1, -0.05) is 40.6 Å². The molecule has 0 spiro atoms. The van der Waals surface area contributed by atoms with E-state index in [-0.39, 0.29) is 11.7 Å². The van der Waals surface area contributed by atoms with Crippen LogP contribution >= 0.6 is 11.3 Å². The number of anilines is 1. The molecular formula is C16H10N4O3S. The van der Waals surface area contributed by atoms with Crippen LogP contribution in [0.25, 0.3) is 22.8 Å². The van der Waals surface area contributed by atoms with Gasteiger partial charge in [-0.15, -0.1) is 5.10 Å². The van der Waals surface area contributed by atoms with E-state index < -0.39 is 5.91 Å². The number of thiophene rings is 1. The lowest BCUT2D eigenvalue weighted by molar-refractivity contribution is 0.101. The quantitative estimate of drug-likeness (QED) is 0.609. The molecule has 0 atom stereocenters. The van der Waals surface area contributed by atoms with Crippen molar-refractivity contribution in [3.05, 3.63) is 58.9 Å². The van der Waals surface area contributed by atoms with Crippen molar-refractivity contribution in [1.82, 2.24) is 15.4 Å². The van der Waals surface area contributed by atoms with Crippen molar-refractivity contribution in [2.75, 3.05) is 5.32 Å². The van der Waals surface area contributed by atoms with Gasteiger partial charge in [0.15, 0.2) is 11.5 Å². The number of carbonyl (C=O) groups excluding carboxylic acids is 1. The Morgan fingerprint density at radius 2 is 1.96 bits per heavy atom. The first-order valence-electron chi connectivity index (χ1n) is 6.99. The molecule has 118 valence electrons. The van der Waals surface area contributed by atoms with Crippen molar-refractivity contribution in [1.29, 1.82) is 0 Å². The molecule has 0 radical (unpaired) electrons. The molecule has 4 rings (SSSR count). The number of nitrogens with zero attached hydrogens (tertiary/aromatic N) is 3. The van der Waals surface area contributed by atoms with Crippen LogP contribution in [0.4, 0.5) is 6.01 Å². The summed E-state index contributed by atoms with van der Waals surface area (Å²) in [5.41, 5.74) is 1.77. The number of carbonyl (C=O) groups is 1. The van der Waals surface area contributed by atoms with E-state index >= 15 is 0 Å². The number of hydrogen-bond acceptors (Lipinski definition) is 7. The highest BCUT2D eigenvalue weighted by atomic mass is 32.1. The molecule has 0 saturated carbocycles. The van der Waals surface area contributed by atoms with Gasteiger partial charge in [0.1, 0.15) is 0 Å². The highest BCUT2D eigenvalue weighted by Gasteiger charge is 2.17. The fourth-order valence-electron chi connectivity index (χ4n) is 2.06. The van der Waals surface area contributed by atoms with Crippen molar-refractivity contribution in [3.63, 3.8) is 0 Å². The molecule has 1 aromatic carbocycles. The molecule has 1 N–H and O–H groups in total. The van der Waals surface area contributed by atoms with Crippen LogP contribution in [0.1, 0.15) is 10.5 Å². The van der Waals surface area contributed by atoms with Gasteiger partial charge in [0.25, 0.3) is 11.8 Å². The summed E-state index contributed by atoms with van der Waals surface area (Å²) in [4.78, 5) is 12.2. The number of aromatic nitrogens is 3. The van der Waals surface area contributed by atoms with Gasteiger partial charge in [-0.05, 0) is 11.4 Å². The molecule has 0 saturated heterocycles. The van der Waals surface area contributed by atoms with E-state index in [0.29, 0.717) is 11.7 Å². The van der Waals surface area contributed by atoms with Gasteiger partial charge in [-0.2, -0.15) is 11.3 Å². The zero-order valence-corrected chi connectivity index (χ0v) is 13.0. The third-order valence-electron chi connectivity index (χ3n) is 3.21. The Bertz CT molecular complexity index is 960. The monoisotopic (exact) mass is 338 g/mol. The van der Waals surface area contributed by atoms with E-state index in [0.717, 1.165) is 11.1 Å². The first-order valence-corrected chi connectivity index (χ1v) is 7.93. The molecule has 0 aliphatic heterocycles. The fourth-order valence-corrected chi connectivity index (χ4v) is 2.69. The minimum absolute atomic E-state index is 0.00506. The van der Waals surface area contributed by atoms with Crippen LogP contribution in [0.2, 0.25) is 0 Å². The van der Waals surface area contributed by atoms with Crippen molar-refractivity contribution < 1.29 is 13.7 Å². The standard InChI is InChI=1S/C16H10N4O3S/c21-14(12-8-13(23-20-12)10-4-2-1-3-5-10)17-16-19-18-15(22-16)11-6-7-24-9-11/h1-9H,(H,17,19,21). The minimum Gasteiger partial charge on any atom is -0.403 e. The van der Waals surface area contributed by atoms with Crippen LogP contribution in [-0.2, 0) is 0 Å². The van der Waals surface area contributed by atoms with Crippen LogP contribution < -0.4 is 5.32 Å².